The van der Waals surface area contributed by atoms with E-state index in [2.05, 4.69) is 10.1 Å². The van der Waals surface area contributed by atoms with Crippen LogP contribution in [0, 0.1) is 5.82 Å². The molecule has 0 saturated carbocycles. The highest BCUT2D eigenvalue weighted by Crippen LogP contribution is 2.35. The zero-order valence-electron chi connectivity index (χ0n) is 17.1. The molecule has 2 N–H and O–H groups in total. The highest BCUT2D eigenvalue weighted by atomic mass is 35.5. The lowest BCUT2D eigenvalue weighted by molar-refractivity contribution is -0.217. The van der Waals surface area contributed by atoms with Gasteiger partial charge in [-0.2, -0.15) is 5.10 Å². The molecule has 162 valence electrons. The lowest BCUT2D eigenvalue weighted by Gasteiger charge is -2.43. The first-order valence-corrected chi connectivity index (χ1v) is 9.85. The summed E-state index contributed by atoms with van der Waals surface area (Å²) in [7, 11) is 0. The summed E-state index contributed by atoms with van der Waals surface area (Å²) >= 11 is 6.30. The molecule has 1 amide bonds. The molecule has 0 unspecified atom stereocenters. The summed E-state index contributed by atoms with van der Waals surface area (Å²) in [5.74, 6) is -1.27. The van der Waals surface area contributed by atoms with Gasteiger partial charge in [0.05, 0.1) is 22.9 Å². The molecule has 3 aromatic rings. The van der Waals surface area contributed by atoms with Crippen LogP contribution in [0.5, 0.6) is 0 Å². The Morgan fingerprint density at radius 3 is 2.74 bits per heavy atom. The maximum atomic E-state index is 14.8. The maximum Gasteiger partial charge on any atom is 0.322 e. The molecule has 1 aliphatic rings. The highest BCUT2D eigenvalue weighted by molar-refractivity contribution is 6.35. The van der Waals surface area contributed by atoms with Gasteiger partial charge in [0, 0.05) is 19.0 Å². The number of hydrogen-bond acceptors (Lipinski definition) is 7. The zero-order valence-corrected chi connectivity index (χ0v) is 17.9. The molecule has 3 heterocycles. The van der Waals surface area contributed by atoms with Crippen molar-refractivity contribution in [2.24, 2.45) is 0 Å². The topological polar surface area (TPSA) is 106 Å². The molecule has 1 aliphatic heterocycles. The third-order valence-electron chi connectivity index (χ3n) is 5.23. The van der Waals surface area contributed by atoms with Crippen LogP contribution in [0.3, 0.4) is 0 Å². The van der Waals surface area contributed by atoms with Gasteiger partial charge in [0.15, 0.2) is 5.82 Å². The molecule has 0 aliphatic carbocycles. The third kappa shape index (κ3) is 3.47. The molecular formula is C20H20ClFN6O3. The number of nitrogens with two attached hydrogens (primary N) is 1. The Bertz CT molecular complexity index is 1210. The second kappa shape index (κ2) is 7.47. The van der Waals surface area contributed by atoms with Crippen LogP contribution in [0.1, 0.15) is 20.8 Å². The molecule has 1 fully saturated rings. The number of hydroxylamine groups is 2. The van der Waals surface area contributed by atoms with Crippen molar-refractivity contribution in [3.05, 3.63) is 41.4 Å². The third-order valence-corrected chi connectivity index (χ3v) is 5.51. The molecule has 0 bridgehead atoms. The number of nitrogens with zero attached hydrogens (tertiary/aromatic N) is 5. The number of aromatic nitrogens is 3. The SMILES string of the molecule is CC(=O)ON1CCN(c2cc(-c3cc(Cl)c4c(N)ncnn34)ccc2F)C(=O)C1(C)C. The molecule has 0 spiro atoms. The summed E-state index contributed by atoms with van der Waals surface area (Å²) < 4.78 is 16.3. The zero-order chi connectivity index (χ0) is 22.5. The number of piperazine rings is 1. The smallest absolute Gasteiger partial charge is 0.322 e. The Morgan fingerprint density at radius 1 is 1.29 bits per heavy atom. The van der Waals surface area contributed by atoms with E-state index >= 15 is 0 Å². The molecule has 0 atom stereocenters. The first-order chi connectivity index (χ1) is 14.6. The van der Waals surface area contributed by atoms with Gasteiger partial charge in [-0.05, 0) is 38.1 Å². The number of benzene rings is 1. The molecule has 9 nitrogen and oxygen atoms in total. The van der Waals surface area contributed by atoms with Gasteiger partial charge in [-0.3, -0.25) is 9.59 Å². The van der Waals surface area contributed by atoms with E-state index in [-0.39, 0.29) is 24.6 Å². The van der Waals surface area contributed by atoms with Crippen molar-refractivity contribution in [3.63, 3.8) is 0 Å². The number of rotatable bonds is 3. The van der Waals surface area contributed by atoms with Gasteiger partial charge < -0.3 is 15.5 Å². The van der Waals surface area contributed by atoms with Crippen molar-refractivity contribution in [1.29, 1.82) is 0 Å². The first kappa shape index (κ1) is 21.0. The molecule has 2 aromatic heterocycles. The minimum Gasteiger partial charge on any atom is -0.382 e. The molecule has 11 heteroatoms. The van der Waals surface area contributed by atoms with Crippen LogP contribution in [0.2, 0.25) is 5.02 Å². The van der Waals surface area contributed by atoms with E-state index in [9.17, 15) is 14.0 Å². The number of amides is 1. The van der Waals surface area contributed by atoms with Crippen LogP contribution in [0.15, 0.2) is 30.6 Å². The van der Waals surface area contributed by atoms with E-state index in [1.54, 1.807) is 32.0 Å². The Labute approximate surface area is 182 Å². The molecule has 0 radical (unpaired) electrons. The predicted molar refractivity (Wildman–Crippen MR) is 113 cm³/mol. The van der Waals surface area contributed by atoms with Gasteiger partial charge in [0.1, 0.15) is 23.2 Å². The van der Waals surface area contributed by atoms with Gasteiger partial charge in [0.2, 0.25) is 5.91 Å². The van der Waals surface area contributed by atoms with Gasteiger partial charge >= 0.3 is 5.97 Å². The van der Waals surface area contributed by atoms with Crippen molar-refractivity contribution in [1.82, 2.24) is 19.7 Å². The minimum atomic E-state index is -1.17. The average molecular weight is 447 g/mol. The van der Waals surface area contributed by atoms with E-state index < -0.39 is 23.2 Å². The summed E-state index contributed by atoms with van der Waals surface area (Å²) in [5.41, 5.74) is 6.44. The normalized spacial score (nSPS) is 16.7. The summed E-state index contributed by atoms with van der Waals surface area (Å²) in [6.07, 6.45) is 1.30. The Balaban J connectivity index is 1.76. The number of hydrogen-bond donors (Lipinski definition) is 1. The Morgan fingerprint density at radius 2 is 2.03 bits per heavy atom. The average Bonchev–Trinajstić information content (AvgIpc) is 3.04. The minimum absolute atomic E-state index is 0.103. The fourth-order valence-electron chi connectivity index (χ4n) is 3.66. The number of halogens is 2. The van der Waals surface area contributed by atoms with Gasteiger partial charge in [-0.15, -0.1) is 5.06 Å². The number of nitrogen functional groups attached to an aromatic ring is 1. The number of fused-ring (bicyclic) bond motifs is 1. The van der Waals surface area contributed by atoms with Gasteiger partial charge in [-0.1, -0.05) is 11.6 Å². The summed E-state index contributed by atoms with van der Waals surface area (Å²) in [5, 5.41) is 5.86. The maximum absolute atomic E-state index is 14.8. The summed E-state index contributed by atoms with van der Waals surface area (Å²) in [4.78, 5) is 35.0. The van der Waals surface area contributed by atoms with Crippen molar-refractivity contribution >= 4 is 40.5 Å². The van der Waals surface area contributed by atoms with Crippen molar-refractivity contribution in [2.45, 2.75) is 26.3 Å². The van der Waals surface area contributed by atoms with Gasteiger partial charge in [-0.25, -0.2) is 13.9 Å². The van der Waals surface area contributed by atoms with Crippen LogP contribution in [-0.4, -0.2) is 50.2 Å². The van der Waals surface area contributed by atoms with Crippen LogP contribution >= 0.6 is 11.6 Å². The van der Waals surface area contributed by atoms with E-state index in [0.29, 0.717) is 21.8 Å². The summed E-state index contributed by atoms with van der Waals surface area (Å²) in [6, 6.07) is 6.06. The second-order valence-corrected chi connectivity index (χ2v) is 8.06. The van der Waals surface area contributed by atoms with E-state index in [1.807, 2.05) is 0 Å². The Kier molecular flexibility index (Phi) is 5.06. The van der Waals surface area contributed by atoms with Crippen LogP contribution in [0.4, 0.5) is 15.9 Å². The Hall–Kier alpha value is -3.24. The monoisotopic (exact) mass is 446 g/mol. The van der Waals surface area contributed by atoms with Gasteiger partial charge in [0.25, 0.3) is 0 Å². The van der Waals surface area contributed by atoms with E-state index in [0.717, 1.165) is 0 Å². The van der Waals surface area contributed by atoms with E-state index in [1.165, 1.54) is 33.8 Å². The fourth-order valence-corrected chi connectivity index (χ4v) is 3.94. The van der Waals surface area contributed by atoms with Crippen molar-refractivity contribution < 1.29 is 18.8 Å². The summed E-state index contributed by atoms with van der Waals surface area (Å²) in [6.45, 7) is 4.87. The van der Waals surface area contributed by atoms with Crippen LogP contribution in [-0.2, 0) is 14.4 Å². The number of carbonyl (C=O) groups is 2. The standard InChI is InChI=1S/C20H20ClFN6O3/c1-11(29)31-27-7-6-26(19(30)20(27,2)3)16-8-12(4-5-14(16)22)15-9-13(21)17-18(23)24-10-25-28(15)17/h4-5,8-10H,6-7H2,1-3H3,(H2,23,24,25). The predicted octanol–water partition coefficient (Wildman–Crippen LogP) is 2.68. The molecule has 4 rings (SSSR count). The first-order valence-electron chi connectivity index (χ1n) is 9.47. The highest BCUT2D eigenvalue weighted by Gasteiger charge is 2.45. The lowest BCUT2D eigenvalue weighted by Crippen LogP contribution is -2.63. The largest absolute Gasteiger partial charge is 0.382 e. The number of carbonyl (C=O) groups excluding carboxylic acids is 2. The van der Waals surface area contributed by atoms with E-state index in [4.69, 9.17) is 22.2 Å². The molecule has 1 aromatic carbocycles. The second-order valence-electron chi connectivity index (χ2n) is 7.65. The van der Waals surface area contributed by atoms with Crippen LogP contribution in [0.25, 0.3) is 16.8 Å². The fraction of sp³-hybridized carbons (Fsp3) is 0.300. The lowest BCUT2D eigenvalue weighted by atomic mass is 9.99. The van der Waals surface area contributed by atoms with Crippen molar-refractivity contribution in [2.75, 3.05) is 23.7 Å². The molecule has 31 heavy (non-hydrogen) atoms. The van der Waals surface area contributed by atoms with Crippen LogP contribution < -0.4 is 10.6 Å². The molecular weight excluding hydrogens is 427 g/mol. The van der Waals surface area contributed by atoms with Crippen molar-refractivity contribution in [3.8, 4) is 11.3 Å². The number of anilines is 2. The quantitative estimate of drug-likeness (QED) is 0.659. The molecule has 1 saturated heterocycles.